The maximum absolute atomic E-state index is 2.19. The monoisotopic (exact) mass is 230 g/mol. The fraction of sp³-hybridized carbons (Fsp3) is 0.111. The Hall–Kier alpha value is -0.340. The van der Waals surface area contributed by atoms with E-state index in [9.17, 15) is 0 Å². The van der Waals surface area contributed by atoms with E-state index >= 15 is 0 Å². The fourth-order valence-corrected chi connectivity index (χ4v) is 1.41. The van der Waals surface area contributed by atoms with Crippen LogP contribution in [0.3, 0.4) is 0 Å². The Morgan fingerprint density at radius 3 is 1.55 bits per heavy atom. The molecule has 0 aromatic carbocycles. The molecule has 0 unspecified atom stereocenters. The summed E-state index contributed by atoms with van der Waals surface area (Å²) in [6.45, 7) is 0. The normalized spacial score (nSPS) is 7.73. The molecule has 1 aromatic rings. The maximum Gasteiger partial charge on any atom is 0.137 e. The van der Waals surface area contributed by atoms with Crippen molar-refractivity contribution in [2.75, 3.05) is 0 Å². The minimum atomic E-state index is 0. The van der Waals surface area contributed by atoms with E-state index in [0.29, 0.717) is 10.5 Å². The lowest BCUT2D eigenvalue weighted by atomic mass is 10.5. The third kappa shape index (κ3) is 4.99. The van der Waals surface area contributed by atoms with Crippen LogP contribution in [-0.4, -0.2) is 0 Å². The van der Waals surface area contributed by atoms with Gasteiger partial charge in [0, 0.05) is 0 Å². The molecule has 11 heavy (non-hydrogen) atoms. The van der Waals surface area contributed by atoms with Crippen molar-refractivity contribution in [2.24, 2.45) is 6.26 Å². The summed E-state index contributed by atoms with van der Waals surface area (Å²) in [7, 11) is 0.307. The molecule has 0 aliphatic carbocycles. The van der Waals surface area contributed by atoms with Crippen LogP contribution >= 0.6 is 10.5 Å². The molecule has 0 fully saturated rings. The van der Waals surface area contributed by atoms with Crippen LogP contribution in [0.5, 0.6) is 0 Å². The molecule has 0 aliphatic rings. The topological polar surface area (TPSA) is 0 Å². The van der Waals surface area contributed by atoms with Gasteiger partial charge < -0.3 is 17.0 Å². The average molecular weight is 231 g/mol. The molecule has 60 valence electrons. The third-order valence-electron chi connectivity index (χ3n) is 1.14. The predicted octanol–water partition coefficient (Wildman–Crippen LogP) is 0.101. The molecule has 0 radical (unpaired) electrons. The van der Waals surface area contributed by atoms with Crippen LogP contribution < -0.4 is 17.0 Å². The Morgan fingerprint density at radius 2 is 1.09 bits per heavy atom. The van der Waals surface area contributed by atoms with Gasteiger partial charge in [0.1, 0.15) is 17.0 Å². The zero-order valence-corrected chi connectivity index (χ0v) is 8.81. The largest absolute Gasteiger partial charge is 1.00 e. The van der Waals surface area contributed by atoms with Crippen molar-refractivity contribution in [2.45, 2.75) is 0 Å². The van der Waals surface area contributed by atoms with Gasteiger partial charge in [-0.25, -0.2) is 0 Å². The summed E-state index contributed by atoms with van der Waals surface area (Å²) in [6, 6.07) is 12.3. The Labute approximate surface area is 81.0 Å². The van der Waals surface area contributed by atoms with E-state index in [0.717, 1.165) is 0 Å². The van der Waals surface area contributed by atoms with Crippen LogP contribution in [0.25, 0.3) is 0 Å². The molecule has 0 atom stereocenters. The van der Waals surface area contributed by atoms with Gasteiger partial charge in [0.15, 0.2) is 0 Å². The highest BCUT2D eigenvalue weighted by Gasteiger charge is 1.79. The molecule has 0 N–H and O–H groups in total. The van der Waals surface area contributed by atoms with Crippen molar-refractivity contribution in [3.8, 4) is 0 Å². The lowest BCUT2D eigenvalue weighted by Crippen LogP contribution is -3.00. The highest BCUT2D eigenvalue weighted by Crippen LogP contribution is 2.05. The van der Waals surface area contributed by atoms with Crippen LogP contribution in [0.4, 0.5) is 0 Å². The van der Waals surface area contributed by atoms with Crippen LogP contribution in [-0.2, 0) is 6.26 Å². The third-order valence-corrected chi connectivity index (χ3v) is 2.31. The molecular formula is C9H11BrS. The van der Waals surface area contributed by atoms with Crippen molar-refractivity contribution in [3.05, 3.63) is 47.2 Å². The summed E-state index contributed by atoms with van der Waals surface area (Å²) < 4.78 is 0. The first kappa shape index (κ1) is 10.7. The lowest BCUT2D eigenvalue weighted by Gasteiger charge is -1.67. The predicted molar refractivity (Wildman–Crippen MR) is 47.5 cm³/mol. The van der Waals surface area contributed by atoms with Crippen molar-refractivity contribution >= 4 is 10.5 Å². The zero-order chi connectivity index (χ0) is 7.23. The average Bonchev–Trinajstić information content (AvgIpc) is 2.02. The SMILES string of the molecule is C[s+]1cccccccc1.[Br-]. The van der Waals surface area contributed by atoms with Crippen molar-refractivity contribution in [1.29, 1.82) is 0 Å². The van der Waals surface area contributed by atoms with Gasteiger partial charge in [0.05, 0.1) is 0 Å². The second-order valence-corrected chi connectivity index (χ2v) is 3.79. The van der Waals surface area contributed by atoms with Gasteiger partial charge in [-0.3, -0.25) is 0 Å². The number of hydrogen-bond donors (Lipinski definition) is 0. The molecule has 0 saturated heterocycles. The fourth-order valence-electron chi connectivity index (χ4n) is 0.641. The quantitative estimate of drug-likeness (QED) is 0.556. The van der Waals surface area contributed by atoms with Gasteiger partial charge in [0.25, 0.3) is 0 Å². The second-order valence-electron chi connectivity index (χ2n) is 2.03. The first-order chi connectivity index (χ1) is 4.89. The van der Waals surface area contributed by atoms with Gasteiger partial charge >= 0.3 is 0 Å². The van der Waals surface area contributed by atoms with E-state index in [4.69, 9.17) is 0 Å². The lowest BCUT2D eigenvalue weighted by molar-refractivity contribution is -0.00000210. The highest BCUT2D eigenvalue weighted by molar-refractivity contribution is 7.26. The van der Waals surface area contributed by atoms with Crippen molar-refractivity contribution in [3.63, 3.8) is 0 Å². The molecule has 0 saturated carbocycles. The van der Waals surface area contributed by atoms with Crippen molar-refractivity contribution < 1.29 is 17.0 Å². The van der Waals surface area contributed by atoms with Crippen LogP contribution in [0.15, 0.2) is 47.2 Å². The minimum absolute atomic E-state index is 0. The molecular weight excluding hydrogens is 220 g/mol. The molecule has 2 heteroatoms. The summed E-state index contributed by atoms with van der Waals surface area (Å²) in [5, 5.41) is 4.39. The molecule has 1 heterocycles. The van der Waals surface area contributed by atoms with E-state index in [2.05, 4.69) is 29.1 Å². The number of hydrogen-bond acceptors (Lipinski definition) is 0. The van der Waals surface area contributed by atoms with Gasteiger partial charge in [-0.05, 0) is 22.6 Å². The summed E-state index contributed by atoms with van der Waals surface area (Å²) >= 11 is 0. The van der Waals surface area contributed by atoms with Gasteiger partial charge in [-0.2, -0.15) is 0 Å². The van der Waals surface area contributed by atoms with Crippen LogP contribution in [0.1, 0.15) is 0 Å². The van der Waals surface area contributed by atoms with E-state index in [1.54, 1.807) is 0 Å². The number of rotatable bonds is 0. The standard InChI is InChI=1S/C9H11S.BrH/c1-10-8-6-4-2-3-5-7-9-10;/h2-9H,1H3;1H/q+1;/p-1. The molecule has 0 nitrogen and oxygen atoms in total. The smallest absolute Gasteiger partial charge is 0.137 e. The molecule has 0 amide bonds. The van der Waals surface area contributed by atoms with Gasteiger partial charge in [0.2, 0.25) is 0 Å². The number of aryl methyl sites for hydroxylation is 1. The maximum atomic E-state index is 2.19. The van der Waals surface area contributed by atoms with E-state index < -0.39 is 0 Å². The minimum Gasteiger partial charge on any atom is -1.00 e. The van der Waals surface area contributed by atoms with Gasteiger partial charge in [-0.1, -0.05) is 24.3 Å². The Kier molecular flexibility index (Phi) is 6.18. The molecule has 1 rings (SSSR count). The zero-order valence-electron chi connectivity index (χ0n) is 6.41. The van der Waals surface area contributed by atoms with Gasteiger partial charge in [-0.15, -0.1) is 0 Å². The van der Waals surface area contributed by atoms with E-state index in [1.165, 1.54) is 0 Å². The first-order valence-corrected chi connectivity index (χ1v) is 4.97. The summed E-state index contributed by atoms with van der Waals surface area (Å²) in [5.74, 6) is 0. The van der Waals surface area contributed by atoms with E-state index in [1.807, 2.05) is 24.3 Å². The summed E-state index contributed by atoms with van der Waals surface area (Å²) in [5.41, 5.74) is 0. The molecule has 0 spiro atoms. The first-order valence-electron chi connectivity index (χ1n) is 3.21. The summed E-state index contributed by atoms with van der Waals surface area (Å²) in [4.78, 5) is 0. The molecule has 0 bridgehead atoms. The Bertz CT molecular complexity index is 217. The second kappa shape index (κ2) is 6.38. The summed E-state index contributed by atoms with van der Waals surface area (Å²) in [6.07, 6.45) is 2.19. The Morgan fingerprint density at radius 1 is 0.727 bits per heavy atom. The number of halogens is 1. The highest BCUT2D eigenvalue weighted by atomic mass is 79.9. The molecule has 0 aliphatic heterocycles. The van der Waals surface area contributed by atoms with Crippen molar-refractivity contribution in [1.82, 2.24) is 0 Å². The molecule has 1 aromatic heterocycles. The van der Waals surface area contributed by atoms with Crippen LogP contribution in [0.2, 0.25) is 0 Å². The van der Waals surface area contributed by atoms with Crippen LogP contribution in [0, 0.1) is 0 Å². The van der Waals surface area contributed by atoms with E-state index in [-0.39, 0.29) is 17.0 Å². The Balaban J connectivity index is 0.000001000.